The summed E-state index contributed by atoms with van der Waals surface area (Å²) >= 11 is 0. The van der Waals surface area contributed by atoms with Crippen molar-refractivity contribution in [3.05, 3.63) is 59.8 Å². The van der Waals surface area contributed by atoms with Gasteiger partial charge in [-0.15, -0.1) is 0 Å². The van der Waals surface area contributed by atoms with E-state index in [1.54, 1.807) is 19.4 Å². The van der Waals surface area contributed by atoms with Crippen molar-refractivity contribution < 1.29 is 4.74 Å². The first-order valence-corrected chi connectivity index (χ1v) is 9.65. The molecule has 7 heteroatoms. The smallest absolute Gasteiger partial charge is 0.141 e. The van der Waals surface area contributed by atoms with Gasteiger partial charge in [0.25, 0.3) is 0 Å². The lowest BCUT2D eigenvalue weighted by Gasteiger charge is -2.14. The lowest BCUT2D eigenvalue weighted by molar-refractivity contribution is 0.182. The zero-order chi connectivity index (χ0) is 21.7. The number of aromatic nitrogens is 3. The fourth-order valence-corrected chi connectivity index (χ4v) is 2.99. The molecule has 0 unspecified atom stereocenters. The van der Waals surface area contributed by atoms with E-state index in [9.17, 15) is 5.26 Å². The fraction of sp³-hybridized carbons (Fsp3) is 0.304. The molecule has 0 spiro atoms. The van der Waals surface area contributed by atoms with E-state index in [1.807, 2.05) is 35.0 Å². The summed E-state index contributed by atoms with van der Waals surface area (Å²) in [6.45, 7) is 7.49. The van der Waals surface area contributed by atoms with Gasteiger partial charge in [-0.1, -0.05) is 20.8 Å². The minimum Gasteiger partial charge on any atom is -0.404 e. The van der Waals surface area contributed by atoms with E-state index in [1.165, 1.54) is 6.20 Å². The van der Waals surface area contributed by atoms with Crippen LogP contribution in [0.4, 0.5) is 0 Å². The molecule has 0 saturated heterocycles. The molecule has 3 rings (SSSR count). The van der Waals surface area contributed by atoms with Gasteiger partial charge in [0.05, 0.1) is 18.0 Å². The standard InChI is InChI=1S/C23H26N6O/c1-23(2,3)15-26-12-17(10-24)20-6-5-18(11-25)28-22(20)16-7-8-29-13-19(14-30-4)27-21(29)9-16/h5-10,12-13H,14-15,24H2,1-4H3. The Balaban J connectivity index is 2.07. The van der Waals surface area contributed by atoms with E-state index < -0.39 is 0 Å². The van der Waals surface area contributed by atoms with Gasteiger partial charge in [-0.25, -0.2) is 9.97 Å². The molecule has 0 aliphatic rings. The number of rotatable bonds is 6. The number of nitriles is 1. The lowest BCUT2D eigenvalue weighted by atomic mass is 9.97. The van der Waals surface area contributed by atoms with Crippen LogP contribution in [0.15, 0.2) is 47.9 Å². The zero-order valence-corrected chi connectivity index (χ0v) is 17.8. The van der Waals surface area contributed by atoms with Crippen molar-refractivity contribution in [3.8, 4) is 17.3 Å². The topological polar surface area (TPSA) is 102 Å². The zero-order valence-electron chi connectivity index (χ0n) is 17.8. The first-order valence-electron chi connectivity index (χ1n) is 9.65. The number of nitrogens with zero attached hydrogens (tertiary/aromatic N) is 5. The summed E-state index contributed by atoms with van der Waals surface area (Å²) < 4.78 is 7.10. The predicted octanol–water partition coefficient (Wildman–Crippen LogP) is 3.83. The highest BCUT2D eigenvalue weighted by molar-refractivity contribution is 6.11. The van der Waals surface area contributed by atoms with Crippen LogP contribution in [0.1, 0.15) is 37.7 Å². The molecule has 0 aromatic carbocycles. The van der Waals surface area contributed by atoms with E-state index in [2.05, 4.69) is 41.8 Å². The molecule has 3 heterocycles. The Morgan fingerprint density at radius 3 is 2.77 bits per heavy atom. The maximum absolute atomic E-state index is 9.35. The maximum atomic E-state index is 9.35. The highest BCUT2D eigenvalue weighted by atomic mass is 16.5. The molecule has 0 saturated carbocycles. The molecule has 154 valence electrons. The van der Waals surface area contributed by atoms with Gasteiger partial charge in [0, 0.05) is 55.2 Å². The van der Waals surface area contributed by atoms with Crippen LogP contribution in [0.25, 0.3) is 22.5 Å². The van der Waals surface area contributed by atoms with Gasteiger partial charge in [0.15, 0.2) is 0 Å². The number of fused-ring (bicyclic) bond motifs is 1. The van der Waals surface area contributed by atoms with Crippen LogP contribution < -0.4 is 5.73 Å². The van der Waals surface area contributed by atoms with Gasteiger partial charge in [-0.05, 0) is 29.7 Å². The number of allylic oxidation sites excluding steroid dienone is 1. The molecule has 0 fully saturated rings. The third-order valence-corrected chi connectivity index (χ3v) is 4.37. The van der Waals surface area contributed by atoms with Crippen molar-refractivity contribution in [2.45, 2.75) is 27.4 Å². The minimum absolute atomic E-state index is 0.0770. The van der Waals surface area contributed by atoms with E-state index in [4.69, 9.17) is 10.5 Å². The fourth-order valence-electron chi connectivity index (χ4n) is 2.99. The highest BCUT2D eigenvalue weighted by Crippen LogP contribution is 2.28. The molecule has 0 amide bonds. The number of aliphatic imine (C=N–C) groups is 1. The highest BCUT2D eigenvalue weighted by Gasteiger charge is 2.14. The van der Waals surface area contributed by atoms with Gasteiger partial charge in [0.2, 0.25) is 0 Å². The molecule has 0 aliphatic carbocycles. The van der Waals surface area contributed by atoms with E-state index in [-0.39, 0.29) is 5.41 Å². The summed E-state index contributed by atoms with van der Waals surface area (Å²) in [7, 11) is 1.64. The third-order valence-electron chi connectivity index (χ3n) is 4.37. The molecule has 3 aromatic heterocycles. The second kappa shape index (κ2) is 8.89. The van der Waals surface area contributed by atoms with Gasteiger partial charge in [-0.3, -0.25) is 4.99 Å². The van der Waals surface area contributed by atoms with Crippen LogP contribution in [0.3, 0.4) is 0 Å². The molecular formula is C23H26N6O. The molecule has 0 bridgehead atoms. The summed E-state index contributed by atoms with van der Waals surface area (Å²) in [4.78, 5) is 13.7. The summed E-state index contributed by atoms with van der Waals surface area (Å²) in [5.41, 5.74) is 11.0. The number of ether oxygens (including phenoxy) is 1. The normalized spacial score (nSPS) is 12.6. The number of nitrogens with two attached hydrogens (primary N) is 1. The average Bonchev–Trinajstić information content (AvgIpc) is 3.12. The van der Waals surface area contributed by atoms with Crippen LogP contribution >= 0.6 is 0 Å². The van der Waals surface area contributed by atoms with Crippen molar-refractivity contribution in [2.24, 2.45) is 16.1 Å². The van der Waals surface area contributed by atoms with Crippen LogP contribution in [0.2, 0.25) is 0 Å². The van der Waals surface area contributed by atoms with Crippen LogP contribution in [-0.2, 0) is 11.3 Å². The Bertz CT molecular complexity index is 1140. The van der Waals surface area contributed by atoms with Crippen LogP contribution in [0.5, 0.6) is 0 Å². The number of pyridine rings is 2. The Morgan fingerprint density at radius 2 is 2.10 bits per heavy atom. The molecule has 0 atom stereocenters. The van der Waals surface area contributed by atoms with Crippen molar-refractivity contribution in [1.82, 2.24) is 14.4 Å². The van der Waals surface area contributed by atoms with Crippen molar-refractivity contribution in [2.75, 3.05) is 13.7 Å². The molecule has 3 aromatic rings. The van der Waals surface area contributed by atoms with Gasteiger partial charge in [0.1, 0.15) is 17.4 Å². The molecule has 7 nitrogen and oxygen atoms in total. The summed E-state index contributed by atoms with van der Waals surface area (Å²) in [5, 5.41) is 9.35. The molecular weight excluding hydrogens is 376 g/mol. The lowest BCUT2D eigenvalue weighted by Crippen LogP contribution is -2.09. The average molecular weight is 403 g/mol. The first kappa shape index (κ1) is 21.2. The second-order valence-electron chi connectivity index (χ2n) is 8.20. The SMILES string of the molecule is COCc1cn2ccc(-c3nc(C#N)ccc3C(C=NCC(C)(C)C)=CN)cc2n1. The Hall–Kier alpha value is -3.50. The van der Waals surface area contributed by atoms with Crippen molar-refractivity contribution >= 4 is 17.4 Å². The van der Waals surface area contributed by atoms with E-state index in [0.29, 0.717) is 24.5 Å². The number of hydrogen-bond donors (Lipinski definition) is 1. The Kier molecular flexibility index (Phi) is 6.28. The maximum Gasteiger partial charge on any atom is 0.141 e. The van der Waals surface area contributed by atoms with Crippen molar-refractivity contribution in [3.63, 3.8) is 0 Å². The van der Waals surface area contributed by atoms with Gasteiger partial charge < -0.3 is 14.9 Å². The molecule has 0 radical (unpaired) electrons. The van der Waals surface area contributed by atoms with Gasteiger partial charge in [-0.2, -0.15) is 5.26 Å². The Morgan fingerprint density at radius 1 is 1.30 bits per heavy atom. The molecule has 0 aliphatic heterocycles. The second-order valence-corrected chi connectivity index (χ2v) is 8.20. The minimum atomic E-state index is 0.0770. The van der Waals surface area contributed by atoms with E-state index in [0.717, 1.165) is 28.0 Å². The quantitative estimate of drug-likeness (QED) is 0.631. The third kappa shape index (κ3) is 4.91. The largest absolute Gasteiger partial charge is 0.404 e. The molecule has 30 heavy (non-hydrogen) atoms. The Labute approximate surface area is 176 Å². The van der Waals surface area contributed by atoms with Crippen LogP contribution in [-0.4, -0.2) is 34.2 Å². The number of methoxy groups -OCH3 is 1. The predicted molar refractivity (Wildman–Crippen MR) is 119 cm³/mol. The molecule has 2 N–H and O–H groups in total. The van der Waals surface area contributed by atoms with Crippen molar-refractivity contribution in [1.29, 1.82) is 5.26 Å². The number of imidazole rings is 1. The summed E-state index contributed by atoms with van der Waals surface area (Å²) in [6, 6.07) is 9.53. The monoisotopic (exact) mass is 402 g/mol. The first-order chi connectivity index (χ1) is 14.3. The van der Waals surface area contributed by atoms with Crippen LogP contribution in [0, 0.1) is 16.7 Å². The number of hydrogen-bond acceptors (Lipinski definition) is 6. The van der Waals surface area contributed by atoms with Gasteiger partial charge >= 0.3 is 0 Å². The summed E-state index contributed by atoms with van der Waals surface area (Å²) in [6.07, 6.45) is 7.12. The summed E-state index contributed by atoms with van der Waals surface area (Å²) in [5.74, 6) is 0. The van der Waals surface area contributed by atoms with E-state index >= 15 is 0 Å².